The highest BCUT2D eigenvalue weighted by Gasteiger charge is 2.13. The van der Waals surface area contributed by atoms with Crippen molar-refractivity contribution in [2.75, 3.05) is 21.3 Å². The number of aromatic nitrogens is 2. The van der Waals surface area contributed by atoms with Crippen molar-refractivity contribution in [1.29, 1.82) is 0 Å². The van der Waals surface area contributed by atoms with Gasteiger partial charge in [-0.2, -0.15) is 9.78 Å². The van der Waals surface area contributed by atoms with Crippen molar-refractivity contribution in [3.63, 3.8) is 0 Å². The van der Waals surface area contributed by atoms with E-state index in [4.69, 9.17) is 14.2 Å². The second-order valence-electron chi connectivity index (χ2n) is 6.29. The zero-order chi connectivity index (χ0) is 21.1. The van der Waals surface area contributed by atoms with E-state index < -0.39 is 0 Å². The van der Waals surface area contributed by atoms with Crippen molar-refractivity contribution in [3.8, 4) is 27.7 Å². The van der Waals surface area contributed by atoms with Crippen LogP contribution >= 0.6 is 11.3 Å². The molecule has 30 heavy (non-hydrogen) atoms. The van der Waals surface area contributed by atoms with Crippen LogP contribution in [-0.2, 0) is 0 Å². The monoisotopic (exact) mass is 421 g/mol. The highest BCUT2D eigenvalue weighted by Crippen LogP contribution is 2.37. The van der Waals surface area contributed by atoms with Gasteiger partial charge in [-0.1, -0.05) is 30.3 Å². The van der Waals surface area contributed by atoms with Crippen molar-refractivity contribution < 1.29 is 14.2 Å². The van der Waals surface area contributed by atoms with Crippen molar-refractivity contribution >= 4 is 27.8 Å². The van der Waals surface area contributed by atoms with Crippen molar-refractivity contribution in [2.24, 2.45) is 5.10 Å². The van der Waals surface area contributed by atoms with E-state index in [1.165, 1.54) is 22.3 Å². The van der Waals surface area contributed by atoms with Gasteiger partial charge in [0, 0.05) is 10.4 Å². The first-order valence-electron chi connectivity index (χ1n) is 9.05. The number of benzene rings is 2. The molecule has 0 aliphatic heterocycles. The Hall–Kier alpha value is -3.65. The molecular formula is C22H19N3O4S. The van der Waals surface area contributed by atoms with Crippen LogP contribution in [0.1, 0.15) is 5.56 Å². The Morgan fingerprint density at radius 2 is 1.70 bits per heavy atom. The maximum Gasteiger partial charge on any atom is 0.282 e. The number of hydrogen-bond donors (Lipinski definition) is 0. The highest BCUT2D eigenvalue weighted by atomic mass is 32.1. The Morgan fingerprint density at radius 3 is 2.33 bits per heavy atom. The maximum absolute atomic E-state index is 12.9. The first kappa shape index (κ1) is 19.7. The predicted molar refractivity (Wildman–Crippen MR) is 118 cm³/mol. The van der Waals surface area contributed by atoms with Crippen LogP contribution < -0.4 is 19.8 Å². The van der Waals surface area contributed by atoms with Gasteiger partial charge < -0.3 is 14.2 Å². The molecule has 0 amide bonds. The van der Waals surface area contributed by atoms with Crippen LogP contribution in [0.5, 0.6) is 17.2 Å². The summed E-state index contributed by atoms with van der Waals surface area (Å²) in [5.41, 5.74) is 1.50. The molecule has 0 N–H and O–H groups in total. The Bertz CT molecular complexity index is 1250. The molecule has 0 saturated heterocycles. The van der Waals surface area contributed by atoms with E-state index in [0.29, 0.717) is 33.0 Å². The van der Waals surface area contributed by atoms with E-state index in [2.05, 4.69) is 10.1 Å². The normalized spacial score (nSPS) is 11.2. The summed E-state index contributed by atoms with van der Waals surface area (Å²) in [5.74, 6) is 1.50. The molecule has 0 atom stereocenters. The number of nitrogens with zero attached hydrogens (tertiary/aromatic N) is 3. The molecule has 0 unspecified atom stereocenters. The number of thiophene rings is 1. The minimum absolute atomic E-state index is 0.234. The van der Waals surface area contributed by atoms with Crippen LogP contribution in [0.2, 0.25) is 0 Å². The Labute approximate surface area is 176 Å². The summed E-state index contributed by atoms with van der Waals surface area (Å²) in [7, 11) is 4.63. The summed E-state index contributed by atoms with van der Waals surface area (Å²) in [6, 6.07) is 15.3. The summed E-state index contributed by atoms with van der Waals surface area (Å²) >= 11 is 1.48. The number of hydrogen-bond acceptors (Lipinski definition) is 7. The van der Waals surface area contributed by atoms with Crippen molar-refractivity contribution in [1.82, 2.24) is 9.66 Å². The summed E-state index contributed by atoms with van der Waals surface area (Å²) in [4.78, 5) is 18.9. The van der Waals surface area contributed by atoms with Gasteiger partial charge in [-0.05, 0) is 23.8 Å². The van der Waals surface area contributed by atoms with Crippen molar-refractivity contribution in [3.05, 3.63) is 70.8 Å². The minimum atomic E-state index is -0.234. The molecule has 2 heterocycles. The van der Waals surface area contributed by atoms with Crippen LogP contribution in [0, 0.1) is 0 Å². The first-order valence-corrected chi connectivity index (χ1v) is 9.87. The highest BCUT2D eigenvalue weighted by molar-refractivity contribution is 7.21. The van der Waals surface area contributed by atoms with E-state index in [-0.39, 0.29) is 5.56 Å². The van der Waals surface area contributed by atoms with Crippen LogP contribution in [-0.4, -0.2) is 37.2 Å². The third-order valence-electron chi connectivity index (χ3n) is 4.51. The molecule has 152 valence electrons. The second-order valence-corrected chi connectivity index (χ2v) is 7.32. The number of methoxy groups -OCH3 is 3. The molecule has 2 aromatic carbocycles. The van der Waals surface area contributed by atoms with Gasteiger partial charge in [0.15, 0.2) is 11.5 Å². The van der Waals surface area contributed by atoms with E-state index in [9.17, 15) is 4.79 Å². The second kappa shape index (κ2) is 8.38. The molecule has 0 radical (unpaired) electrons. The van der Waals surface area contributed by atoms with Gasteiger partial charge in [-0.25, -0.2) is 4.98 Å². The molecule has 4 rings (SSSR count). The molecule has 0 spiro atoms. The predicted octanol–water partition coefficient (Wildman–Crippen LogP) is 4.03. The molecule has 0 aliphatic carbocycles. The van der Waals surface area contributed by atoms with E-state index >= 15 is 0 Å². The average molecular weight is 421 g/mol. The van der Waals surface area contributed by atoms with E-state index in [1.54, 1.807) is 39.7 Å². The molecule has 0 fully saturated rings. The lowest BCUT2D eigenvalue weighted by molar-refractivity contribution is 0.324. The Kier molecular flexibility index (Phi) is 5.49. The summed E-state index contributed by atoms with van der Waals surface area (Å²) in [6.45, 7) is 0. The van der Waals surface area contributed by atoms with E-state index in [0.717, 1.165) is 10.4 Å². The van der Waals surface area contributed by atoms with Gasteiger partial charge in [-0.15, -0.1) is 11.3 Å². The number of fused-ring (bicyclic) bond motifs is 1. The van der Waals surface area contributed by atoms with Crippen LogP contribution in [0.3, 0.4) is 0 Å². The third kappa shape index (κ3) is 3.65. The zero-order valence-electron chi connectivity index (χ0n) is 16.7. The van der Waals surface area contributed by atoms with Gasteiger partial charge in [0.05, 0.1) is 32.9 Å². The fourth-order valence-corrected chi connectivity index (χ4v) is 4.04. The van der Waals surface area contributed by atoms with Gasteiger partial charge in [0.2, 0.25) is 5.75 Å². The fourth-order valence-electron chi connectivity index (χ4n) is 3.05. The average Bonchev–Trinajstić information content (AvgIpc) is 3.23. The zero-order valence-corrected chi connectivity index (χ0v) is 17.5. The lowest BCUT2D eigenvalue weighted by Crippen LogP contribution is -2.16. The number of rotatable bonds is 6. The summed E-state index contributed by atoms with van der Waals surface area (Å²) < 4.78 is 17.2. The first-order chi connectivity index (χ1) is 14.6. The van der Waals surface area contributed by atoms with Crippen molar-refractivity contribution in [2.45, 2.75) is 0 Å². The SMILES string of the molecule is COc1cc(C=Nn2cnc3sc(-c4ccccc4)cc3c2=O)cc(OC)c1OC. The number of ether oxygens (including phenoxy) is 3. The lowest BCUT2D eigenvalue weighted by Gasteiger charge is -2.12. The smallest absolute Gasteiger partial charge is 0.282 e. The van der Waals surface area contributed by atoms with Crippen LogP contribution in [0.4, 0.5) is 0 Å². The lowest BCUT2D eigenvalue weighted by atomic mass is 10.2. The summed E-state index contributed by atoms with van der Waals surface area (Å²) in [6.07, 6.45) is 2.97. The summed E-state index contributed by atoms with van der Waals surface area (Å²) in [5, 5.41) is 4.81. The maximum atomic E-state index is 12.9. The van der Waals surface area contributed by atoms with Gasteiger partial charge in [0.25, 0.3) is 5.56 Å². The van der Waals surface area contributed by atoms with Crippen LogP contribution in [0.25, 0.3) is 20.7 Å². The van der Waals surface area contributed by atoms with Gasteiger partial charge >= 0.3 is 0 Å². The minimum Gasteiger partial charge on any atom is -0.493 e. The largest absolute Gasteiger partial charge is 0.493 e. The molecule has 2 aromatic heterocycles. The molecule has 0 aliphatic rings. The van der Waals surface area contributed by atoms with E-state index in [1.807, 2.05) is 36.4 Å². The quantitative estimate of drug-likeness (QED) is 0.440. The topological polar surface area (TPSA) is 74.9 Å². The Morgan fingerprint density at radius 1 is 1.00 bits per heavy atom. The molecule has 0 bridgehead atoms. The molecule has 0 saturated carbocycles. The molecule has 4 aromatic rings. The standard InChI is InChI=1S/C22H19N3O4S/c1-27-17-9-14(10-18(28-2)20(17)29-3)12-24-25-13-23-21-16(22(25)26)11-19(30-21)15-7-5-4-6-8-15/h4-13H,1-3H3. The molecule has 7 nitrogen and oxygen atoms in total. The molecular weight excluding hydrogens is 402 g/mol. The fraction of sp³-hybridized carbons (Fsp3) is 0.136. The van der Waals surface area contributed by atoms with Gasteiger partial charge in [-0.3, -0.25) is 4.79 Å². The van der Waals surface area contributed by atoms with Gasteiger partial charge in [0.1, 0.15) is 11.2 Å². The molecule has 8 heteroatoms. The Balaban J connectivity index is 1.71. The third-order valence-corrected chi connectivity index (χ3v) is 5.60. The van der Waals surface area contributed by atoms with Crippen LogP contribution in [0.15, 0.2) is 64.8 Å².